The van der Waals surface area contributed by atoms with E-state index < -0.39 is 5.82 Å². The molecule has 2 saturated heterocycles. The molecule has 11 nitrogen and oxygen atoms in total. The average molecular weight is 573 g/mol. The molecule has 2 fully saturated rings. The molecule has 42 heavy (non-hydrogen) atoms. The van der Waals surface area contributed by atoms with Gasteiger partial charge in [0.05, 0.1) is 29.9 Å². The summed E-state index contributed by atoms with van der Waals surface area (Å²) in [5.74, 6) is 1.67. The molecule has 2 aliphatic rings. The van der Waals surface area contributed by atoms with Crippen LogP contribution in [0, 0.1) is 11.7 Å². The van der Waals surface area contributed by atoms with Gasteiger partial charge in [-0.2, -0.15) is 0 Å². The largest absolute Gasteiger partial charge is 0.495 e. The van der Waals surface area contributed by atoms with Gasteiger partial charge in [-0.05, 0) is 57.2 Å². The summed E-state index contributed by atoms with van der Waals surface area (Å²) in [6.45, 7) is 3.09. The third-order valence-electron chi connectivity index (χ3n) is 7.79. The Labute approximate surface area is 242 Å². The first-order valence-corrected chi connectivity index (χ1v) is 13.9. The lowest BCUT2D eigenvalue weighted by molar-refractivity contribution is -0.122. The maximum absolute atomic E-state index is 15.3. The number of pyridine rings is 1. The van der Waals surface area contributed by atoms with Gasteiger partial charge >= 0.3 is 0 Å². The molecule has 4 aromatic rings. The summed E-state index contributed by atoms with van der Waals surface area (Å²) in [6.07, 6.45) is 5.11. The topological polar surface area (TPSA) is 131 Å². The number of piperidine rings is 1. The van der Waals surface area contributed by atoms with E-state index in [1.807, 2.05) is 17.0 Å². The number of ether oxygens (including phenoxy) is 2. The Bertz CT molecular complexity index is 1610. The van der Waals surface area contributed by atoms with Crippen molar-refractivity contribution in [3.8, 4) is 17.2 Å². The van der Waals surface area contributed by atoms with Crippen LogP contribution in [0.1, 0.15) is 12.8 Å². The smallest absolute Gasteiger partial charge is 0.224 e. The minimum Gasteiger partial charge on any atom is -0.495 e. The summed E-state index contributed by atoms with van der Waals surface area (Å²) in [5.41, 5.74) is 7.13. The van der Waals surface area contributed by atoms with Crippen LogP contribution in [-0.2, 0) is 4.79 Å². The number of anilines is 4. The number of methoxy groups -OCH3 is 1. The number of nitrogens with one attached hydrogen (secondary N) is 2. The fourth-order valence-electron chi connectivity index (χ4n) is 5.24. The van der Waals surface area contributed by atoms with E-state index in [0.717, 1.165) is 37.0 Å². The Morgan fingerprint density at radius 2 is 1.81 bits per heavy atom. The molecule has 0 atom stereocenters. The lowest BCUT2D eigenvalue weighted by Gasteiger charge is -2.38. The highest BCUT2D eigenvalue weighted by Gasteiger charge is 2.32. The quantitative estimate of drug-likeness (QED) is 0.269. The molecule has 2 aromatic heterocycles. The minimum absolute atomic E-state index is 0.179. The molecule has 6 rings (SSSR count). The Balaban J connectivity index is 1.18. The Kier molecular flexibility index (Phi) is 7.62. The van der Waals surface area contributed by atoms with E-state index in [1.165, 1.54) is 12.4 Å². The number of amides is 1. The maximum Gasteiger partial charge on any atom is 0.224 e. The summed E-state index contributed by atoms with van der Waals surface area (Å²) in [5, 5.41) is 7.48. The van der Waals surface area contributed by atoms with Crippen molar-refractivity contribution in [2.24, 2.45) is 11.7 Å². The van der Waals surface area contributed by atoms with Crippen molar-refractivity contribution in [2.75, 3.05) is 55.9 Å². The van der Waals surface area contributed by atoms with Crippen molar-refractivity contribution in [1.82, 2.24) is 19.9 Å². The molecule has 12 heteroatoms. The van der Waals surface area contributed by atoms with Crippen LogP contribution in [0.2, 0.25) is 0 Å². The number of fused-ring (bicyclic) bond motifs is 1. The van der Waals surface area contributed by atoms with Crippen molar-refractivity contribution in [1.29, 1.82) is 0 Å². The van der Waals surface area contributed by atoms with Gasteiger partial charge in [-0.25, -0.2) is 19.3 Å². The molecule has 0 spiro atoms. The van der Waals surface area contributed by atoms with Gasteiger partial charge < -0.3 is 35.6 Å². The third-order valence-corrected chi connectivity index (χ3v) is 7.79. The molecule has 0 aliphatic carbocycles. The number of nitrogens with two attached hydrogens (primary N) is 1. The molecular formula is C30H33FN8O3. The molecule has 0 bridgehead atoms. The van der Waals surface area contributed by atoms with Crippen LogP contribution in [-0.4, -0.2) is 72.1 Å². The number of nitrogens with zero attached hydrogens (tertiary/aromatic N) is 5. The Morgan fingerprint density at radius 1 is 1.02 bits per heavy atom. The molecule has 4 heterocycles. The zero-order chi connectivity index (χ0) is 29.2. The van der Waals surface area contributed by atoms with E-state index in [-0.39, 0.29) is 17.5 Å². The number of aromatic nitrogens is 3. The van der Waals surface area contributed by atoms with Gasteiger partial charge in [0, 0.05) is 48.9 Å². The molecule has 1 amide bonds. The molecular weight excluding hydrogens is 539 g/mol. The summed E-state index contributed by atoms with van der Waals surface area (Å²) >= 11 is 0. The lowest BCUT2D eigenvalue weighted by atomic mass is 10.00. The number of hydrogen-bond donors (Lipinski definition) is 3. The van der Waals surface area contributed by atoms with Crippen LogP contribution in [0.15, 0.2) is 55.0 Å². The van der Waals surface area contributed by atoms with Crippen LogP contribution >= 0.6 is 0 Å². The van der Waals surface area contributed by atoms with Gasteiger partial charge in [-0.15, -0.1) is 0 Å². The van der Waals surface area contributed by atoms with Crippen molar-refractivity contribution in [2.45, 2.75) is 18.9 Å². The van der Waals surface area contributed by atoms with E-state index in [2.05, 4.69) is 37.5 Å². The van der Waals surface area contributed by atoms with Crippen molar-refractivity contribution in [3.63, 3.8) is 0 Å². The predicted octanol–water partition coefficient (Wildman–Crippen LogP) is 4.14. The van der Waals surface area contributed by atoms with Gasteiger partial charge in [0.15, 0.2) is 0 Å². The standard InChI is InChI=1S/C30H33FN8O3/c1-38-9-6-19(7-10-38)36-26-13-22-25(14-27(26)41-2)34-17-35-30(22)37-24-4-3-20(11-23(24)31)42-21-5-8-33-28(12-21)39-15-18(16-39)29(32)40/h3-5,8,11-14,17-19,36H,6-7,9-10,15-16H2,1-2H3,(H2,32,40)(H,34,35,37). The molecule has 4 N–H and O–H groups in total. The van der Waals surface area contributed by atoms with E-state index in [9.17, 15) is 4.79 Å². The fourth-order valence-corrected chi connectivity index (χ4v) is 5.24. The second-order valence-corrected chi connectivity index (χ2v) is 10.7. The van der Waals surface area contributed by atoms with Crippen LogP contribution in [0.25, 0.3) is 10.9 Å². The highest BCUT2D eigenvalue weighted by molar-refractivity contribution is 5.95. The normalized spacial score (nSPS) is 16.2. The average Bonchev–Trinajstić information content (AvgIpc) is 2.95. The third kappa shape index (κ3) is 5.84. The van der Waals surface area contributed by atoms with Gasteiger partial charge in [0.1, 0.15) is 41.0 Å². The molecule has 2 aromatic carbocycles. The summed E-state index contributed by atoms with van der Waals surface area (Å²) in [7, 11) is 3.77. The van der Waals surface area contributed by atoms with E-state index in [4.69, 9.17) is 15.2 Å². The number of rotatable bonds is 9. The number of carbonyl (C=O) groups excluding carboxylic acids is 1. The van der Waals surface area contributed by atoms with E-state index in [0.29, 0.717) is 53.5 Å². The maximum atomic E-state index is 15.3. The number of hydrogen-bond acceptors (Lipinski definition) is 10. The Morgan fingerprint density at radius 3 is 2.55 bits per heavy atom. The monoisotopic (exact) mass is 572 g/mol. The molecule has 0 saturated carbocycles. The molecule has 0 radical (unpaired) electrons. The zero-order valence-corrected chi connectivity index (χ0v) is 23.5. The highest BCUT2D eigenvalue weighted by atomic mass is 19.1. The number of likely N-dealkylation sites (tertiary alicyclic amines) is 1. The fraction of sp³-hybridized carbons (Fsp3) is 0.333. The first kappa shape index (κ1) is 27.5. The summed E-state index contributed by atoms with van der Waals surface area (Å²) < 4.78 is 26.8. The Hall–Kier alpha value is -4.71. The summed E-state index contributed by atoms with van der Waals surface area (Å²) in [6, 6.07) is 12.2. The van der Waals surface area contributed by atoms with E-state index >= 15 is 4.39 Å². The van der Waals surface area contributed by atoms with Gasteiger partial charge in [0.25, 0.3) is 0 Å². The zero-order valence-electron chi connectivity index (χ0n) is 23.5. The number of carbonyl (C=O) groups is 1. The SMILES string of the molecule is COc1cc2ncnc(Nc3ccc(Oc4ccnc(N5CC(C(N)=O)C5)c4)cc3F)c2cc1NC1CCN(C)CC1. The molecule has 0 unspecified atom stereocenters. The molecule has 218 valence electrons. The van der Waals surface area contributed by atoms with Gasteiger partial charge in [-0.1, -0.05) is 0 Å². The van der Waals surface area contributed by atoms with Gasteiger partial charge in [0.2, 0.25) is 5.91 Å². The first-order valence-electron chi connectivity index (χ1n) is 13.9. The second kappa shape index (κ2) is 11.6. The van der Waals surface area contributed by atoms with Crippen molar-refractivity contribution in [3.05, 3.63) is 60.8 Å². The minimum atomic E-state index is -0.501. The van der Waals surface area contributed by atoms with Crippen LogP contribution in [0.3, 0.4) is 0 Å². The predicted molar refractivity (Wildman–Crippen MR) is 159 cm³/mol. The van der Waals surface area contributed by atoms with Crippen LogP contribution in [0.4, 0.5) is 27.4 Å². The number of halogens is 1. The van der Waals surface area contributed by atoms with Gasteiger partial charge in [-0.3, -0.25) is 4.79 Å². The molecule has 2 aliphatic heterocycles. The van der Waals surface area contributed by atoms with Crippen molar-refractivity contribution >= 4 is 39.8 Å². The van der Waals surface area contributed by atoms with Crippen LogP contribution in [0.5, 0.6) is 17.2 Å². The highest BCUT2D eigenvalue weighted by Crippen LogP contribution is 2.35. The van der Waals surface area contributed by atoms with E-state index in [1.54, 1.807) is 37.6 Å². The number of benzene rings is 2. The first-order chi connectivity index (χ1) is 20.4. The van der Waals surface area contributed by atoms with Crippen molar-refractivity contribution < 1.29 is 18.7 Å². The lowest BCUT2D eigenvalue weighted by Crippen LogP contribution is -2.52. The van der Waals surface area contributed by atoms with Crippen LogP contribution < -0.4 is 30.7 Å². The second-order valence-electron chi connectivity index (χ2n) is 10.7. The number of primary amides is 1. The summed E-state index contributed by atoms with van der Waals surface area (Å²) in [4.78, 5) is 28.7.